The van der Waals surface area contributed by atoms with Gasteiger partial charge in [-0.1, -0.05) is 12.1 Å². The standard InChI is InChI=1S/C20H26N4O3S/c1-13-8-15(4-5-18(13)27-3)11-24-7-6-21-20(26)17(24)9-19(25)22-10-16-12-28-14(2)23-16/h4-5,8,12,17H,6-7,9-11H2,1-3H3,(H,21,26)(H,22,25)/t17-/m1/s1. The van der Waals surface area contributed by atoms with Gasteiger partial charge in [0.2, 0.25) is 11.8 Å². The summed E-state index contributed by atoms with van der Waals surface area (Å²) in [6.45, 7) is 6.22. The zero-order chi connectivity index (χ0) is 20.1. The number of aromatic nitrogens is 1. The number of nitrogens with zero attached hydrogens (tertiary/aromatic N) is 2. The Labute approximate surface area is 169 Å². The van der Waals surface area contributed by atoms with Crippen LogP contribution in [-0.4, -0.2) is 47.9 Å². The fraction of sp³-hybridized carbons (Fsp3) is 0.450. The second kappa shape index (κ2) is 9.16. The Morgan fingerprint density at radius 3 is 2.93 bits per heavy atom. The number of thiazole rings is 1. The molecule has 150 valence electrons. The molecule has 7 nitrogen and oxygen atoms in total. The van der Waals surface area contributed by atoms with Crippen LogP contribution in [0.3, 0.4) is 0 Å². The molecular formula is C20H26N4O3S. The highest BCUT2D eigenvalue weighted by Crippen LogP contribution is 2.21. The van der Waals surface area contributed by atoms with Gasteiger partial charge in [0, 0.05) is 25.0 Å². The summed E-state index contributed by atoms with van der Waals surface area (Å²) in [5, 5.41) is 8.64. The van der Waals surface area contributed by atoms with Crippen LogP contribution in [-0.2, 0) is 22.7 Å². The Morgan fingerprint density at radius 2 is 2.25 bits per heavy atom. The maximum absolute atomic E-state index is 12.4. The summed E-state index contributed by atoms with van der Waals surface area (Å²) in [6, 6.07) is 5.52. The van der Waals surface area contributed by atoms with Gasteiger partial charge in [-0.2, -0.15) is 0 Å². The van der Waals surface area contributed by atoms with Crippen LogP contribution < -0.4 is 15.4 Å². The van der Waals surface area contributed by atoms with Crippen molar-refractivity contribution in [3.8, 4) is 5.75 Å². The fourth-order valence-corrected chi connectivity index (χ4v) is 3.99. The molecule has 28 heavy (non-hydrogen) atoms. The molecule has 0 saturated carbocycles. The van der Waals surface area contributed by atoms with Gasteiger partial charge in [0.1, 0.15) is 5.75 Å². The number of hydrogen-bond acceptors (Lipinski definition) is 6. The predicted molar refractivity (Wildman–Crippen MR) is 108 cm³/mol. The van der Waals surface area contributed by atoms with E-state index in [0.29, 0.717) is 26.2 Å². The summed E-state index contributed by atoms with van der Waals surface area (Å²) in [6.07, 6.45) is 0.129. The molecule has 1 aliphatic rings. The minimum absolute atomic E-state index is 0.101. The van der Waals surface area contributed by atoms with E-state index < -0.39 is 6.04 Å². The summed E-state index contributed by atoms with van der Waals surface area (Å²) in [7, 11) is 1.65. The maximum Gasteiger partial charge on any atom is 0.237 e. The van der Waals surface area contributed by atoms with Crippen LogP contribution in [0.2, 0.25) is 0 Å². The largest absolute Gasteiger partial charge is 0.496 e. The minimum Gasteiger partial charge on any atom is -0.496 e. The molecule has 0 aliphatic carbocycles. The van der Waals surface area contributed by atoms with Crippen LogP contribution in [0.15, 0.2) is 23.6 Å². The Kier molecular flexibility index (Phi) is 6.64. The first-order valence-corrected chi connectivity index (χ1v) is 10.2. The summed E-state index contributed by atoms with van der Waals surface area (Å²) < 4.78 is 5.31. The summed E-state index contributed by atoms with van der Waals surface area (Å²) in [5.41, 5.74) is 2.99. The Hall–Kier alpha value is -2.45. The zero-order valence-electron chi connectivity index (χ0n) is 16.4. The van der Waals surface area contributed by atoms with E-state index in [2.05, 4.69) is 26.6 Å². The third-order valence-electron chi connectivity index (χ3n) is 4.80. The van der Waals surface area contributed by atoms with E-state index >= 15 is 0 Å². The van der Waals surface area contributed by atoms with Gasteiger partial charge in [-0.3, -0.25) is 14.5 Å². The maximum atomic E-state index is 12.4. The first-order valence-electron chi connectivity index (χ1n) is 9.29. The molecule has 1 fully saturated rings. The number of rotatable bonds is 7. The SMILES string of the molecule is COc1ccc(CN2CCNC(=O)[C@H]2CC(=O)NCc2csc(C)n2)cc1C. The number of methoxy groups -OCH3 is 1. The first-order chi connectivity index (χ1) is 13.5. The number of hydrogen-bond donors (Lipinski definition) is 2. The summed E-state index contributed by atoms with van der Waals surface area (Å²) in [5.74, 6) is 0.591. The van der Waals surface area contributed by atoms with Crippen molar-refractivity contribution in [1.82, 2.24) is 20.5 Å². The molecule has 2 amide bonds. The van der Waals surface area contributed by atoms with Gasteiger partial charge in [0.25, 0.3) is 0 Å². The number of carbonyl (C=O) groups excluding carboxylic acids is 2. The van der Waals surface area contributed by atoms with Crippen molar-refractivity contribution in [3.63, 3.8) is 0 Å². The van der Waals surface area contributed by atoms with E-state index in [1.807, 2.05) is 31.4 Å². The van der Waals surface area contributed by atoms with Gasteiger partial charge in [-0.15, -0.1) is 11.3 Å². The number of benzene rings is 1. The van der Waals surface area contributed by atoms with Crippen molar-refractivity contribution >= 4 is 23.2 Å². The molecular weight excluding hydrogens is 376 g/mol. The van der Waals surface area contributed by atoms with Crippen molar-refractivity contribution in [2.45, 2.75) is 39.4 Å². The topological polar surface area (TPSA) is 83.6 Å². The van der Waals surface area contributed by atoms with Crippen LogP contribution in [0, 0.1) is 13.8 Å². The lowest BCUT2D eigenvalue weighted by Crippen LogP contribution is -2.56. The third-order valence-corrected chi connectivity index (χ3v) is 5.62. The molecule has 1 aliphatic heterocycles. The average molecular weight is 403 g/mol. The number of nitrogens with one attached hydrogen (secondary N) is 2. The molecule has 8 heteroatoms. The van der Waals surface area contributed by atoms with Gasteiger partial charge in [0.05, 0.1) is 36.8 Å². The predicted octanol–water partition coefficient (Wildman–Crippen LogP) is 1.78. The van der Waals surface area contributed by atoms with Crippen LogP contribution in [0.4, 0.5) is 0 Å². The summed E-state index contributed by atoms with van der Waals surface area (Å²) >= 11 is 1.55. The Balaban J connectivity index is 1.62. The molecule has 1 aromatic carbocycles. The van der Waals surface area contributed by atoms with Gasteiger partial charge in [-0.05, 0) is 31.0 Å². The van der Waals surface area contributed by atoms with E-state index in [1.165, 1.54) is 0 Å². The summed E-state index contributed by atoms with van der Waals surface area (Å²) in [4.78, 5) is 31.2. The van der Waals surface area contributed by atoms with Crippen molar-refractivity contribution in [3.05, 3.63) is 45.4 Å². The van der Waals surface area contributed by atoms with Gasteiger partial charge >= 0.3 is 0 Å². The molecule has 0 radical (unpaired) electrons. The lowest BCUT2D eigenvalue weighted by atomic mass is 10.1. The lowest BCUT2D eigenvalue weighted by molar-refractivity contribution is -0.134. The number of ether oxygens (including phenoxy) is 1. The van der Waals surface area contributed by atoms with E-state index in [9.17, 15) is 9.59 Å². The zero-order valence-corrected chi connectivity index (χ0v) is 17.3. The molecule has 2 aromatic rings. The minimum atomic E-state index is -0.478. The molecule has 1 aromatic heterocycles. The molecule has 0 spiro atoms. The van der Waals surface area contributed by atoms with E-state index in [-0.39, 0.29) is 18.2 Å². The van der Waals surface area contributed by atoms with Crippen LogP contribution in [0.5, 0.6) is 5.75 Å². The second-order valence-corrected chi connectivity index (χ2v) is 7.98. The quantitative estimate of drug-likeness (QED) is 0.738. The monoisotopic (exact) mass is 402 g/mol. The lowest BCUT2D eigenvalue weighted by Gasteiger charge is -2.34. The van der Waals surface area contributed by atoms with Gasteiger partial charge < -0.3 is 15.4 Å². The average Bonchev–Trinajstić information content (AvgIpc) is 3.08. The second-order valence-electron chi connectivity index (χ2n) is 6.92. The smallest absolute Gasteiger partial charge is 0.237 e. The normalized spacial score (nSPS) is 17.2. The van der Waals surface area contributed by atoms with Crippen LogP contribution in [0.25, 0.3) is 0 Å². The third kappa shape index (κ3) is 5.08. The molecule has 1 atom stereocenters. The van der Waals surface area contributed by atoms with Crippen molar-refractivity contribution in [2.24, 2.45) is 0 Å². The van der Waals surface area contributed by atoms with E-state index in [0.717, 1.165) is 27.6 Å². The molecule has 0 bridgehead atoms. The van der Waals surface area contributed by atoms with Crippen LogP contribution in [0.1, 0.15) is 28.2 Å². The molecule has 3 rings (SSSR count). The molecule has 2 heterocycles. The first kappa shape index (κ1) is 20.3. The number of aryl methyl sites for hydroxylation is 2. The van der Waals surface area contributed by atoms with Gasteiger partial charge in [0.15, 0.2) is 0 Å². The van der Waals surface area contributed by atoms with E-state index in [4.69, 9.17) is 4.74 Å². The molecule has 0 unspecified atom stereocenters. The van der Waals surface area contributed by atoms with Crippen LogP contribution >= 0.6 is 11.3 Å². The van der Waals surface area contributed by atoms with Gasteiger partial charge in [-0.25, -0.2) is 4.98 Å². The molecule has 2 N–H and O–H groups in total. The van der Waals surface area contributed by atoms with E-state index in [1.54, 1.807) is 18.4 Å². The highest BCUT2D eigenvalue weighted by atomic mass is 32.1. The fourth-order valence-electron chi connectivity index (χ4n) is 3.37. The van der Waals surface area contributed by atoms with Crippen molar-refractivity contribution in [1.29, 1.82) is 0 Å². The number of carbonyl (C=O) groups is 2. The molecule has 1 saturated heterocycles. The van der Waals surface area contributed by atoms with Crippen molar-refractivity contribution in [2.75, 3.05) is 20.2 Å². The highest BCUT2D eigenvalue weighted by Gasteiger charge is 2.31. The number of piperazine rings is 1. The Bertz CT molecular complexity index is 852. The Morgan fingerprint density at radius 1 is 1.43 bits per heavy atom. The number of amides is 2. The van der Waals surface area contributed by atoms with Crippen molar-refractivity contribution < 1.29 is 14.3 Å². The highest BCUT2D eigenvalue weighted by molar-refractivity contribution is 7.09.